The van der Waals surface area contributed by atoms with Gasteiger partial charge in [0.05, 0.1) is 0 Å². The SMILES string of the molecule is Cc1ccccc1OCC(=O)NCCCn1nc(C(F)(F)F)cc1C. The Kier molecular flexibility index (Phi) is 6.06. The molecule has 1 N–H and O–H groups in total. The number of nitrogens with one attached hydrogen (secondary N) is 1. The number of carbonyl (C=O) groups excluding carboxylic acids is 1. The number of aromatic nitrogens is 2. The second-order valence-electron chi connectivity index (χ2n) is 5.65. The molecule has 8 heteroatoms. The van der Waals surface area contributed by atoms with Crippen LogP contribution in [0.2, 0.25) is 0 Å². The summed E-state index contributed by atoms with van der Waals surface area (Å²) in [5, 5.41) is 6.21. The largest absolute Gasteiger partial charge is 0.484 e. The molecule has 1 aromatic heterocycles. The first-order valence-electron chi connectivity index (χ1n) is 7.84. The lowest BCUT2D eigenvalue weighted by atomic mass is 10.2. The standard InChI is InChI=1S/C17H20F3N3O2/c1-12-6-3-4-7-14(12)25-11-16(24)21-8-5-9-23-13(2)10-15(22-23)17(18,19)20/h3-4,6-7,10H,5,8-9,11H2,1-2H3,(H,21,24). The zero-order chi connectivity index (χ0) is 18.4. The number of alkyl halides is 3. The normalized spacial score (nSPS) is 11.4. The minimum atomic E-state index is -4.45. The molecular formula is C17H20F3N3O2. The number of para-hydroxylation sites is 1. The fourth-order valence-electron chi connectivity index (χ4n) is 2.24. The molecule has 0 atom stereocenters. The third kappa shape index (κ3) is 5.51. The molecule has 0 saturated carbocycles. The highest BCUT2D eigenvalue weighted by Gasteiger charge is 2.34. The van der Waals surface area contributed by atoms with E-state index in [0.29, 0.717) is 31.0 Å². The van der Waals surface area contributed by atoms with Crippen molar-refractivity contribution in [2.45, 2.75) is 33.0 Å². The van der Waals surface area contributed by atoms with Crippen molar-refractivity contribution in [1.29, 1.82) is 0 Å². The summed E-state index contributed by atoms with van der Waals surface area (Å²) >= 11 is 0. The number of halogens is 3. The van der Waals surface area contributed by atoms with Gasteiger partial charge in [-0.3, -0.25) is 9.48 Å². The van der Waals surface area contributed by atoms with Crippen LogP contribution in [0.1, 0.15) is 23.4 Å². The van der Waals surface area contributed by atoms with Crippen molar-refractivity contribution in [2.24, 2.45) is 0 Å². The van der Waals surface area contributed by atoms with Crippen LogP contribution >= 0.6 is 0 Å². The summed E-state index contributed by atoms with van der Waals surface area (Å²) in [5.41, 5.74) is 0.465. The molecule has 0 aliphatic carbocycles. The van der Waals surface area contributed by atoms with Gasteiger partial charge >= 0.3 is 6.18 Å². The van der Waals surface area contributed by atoms with Gasteiger partial charge in [0.2, 0.25) is 0 Å². The first kappa shape index (κ1) is 18.8. The topological polar surface area (TPSA) is 56.1 Å². The number of hydrogen-bond acceptors (Lipinski definition) is 3. The molecule has 0 aliphatic rings. The molecule has 2 rings (SSSR count). The smallest absolute Gasteiger partial charge is 0.435 e. The number of carbonyl (C=O) groups is 1. The molecule has 2 aromatic rings. The highest BCUT2D eigenvalue weighted by molar-refractivity contribution is 5.77. The molecule has 0 bridgehead atoms. The van der Waals surface area contributed by atoms with Crippen LogP contribution in [0.3, 0.4) is 0 Å². The van der Waals surface area contributed by atoms with Gasteiger partial charge < -0.3 is 10.1 Å². The van der Waals surface area contributed by atoms with E-state index in [2.05, 4.69) is 10.4 Å². The fourth-order valence-corrected chi connectivity index (χ4v) is 2.24. The predicted octanol–water partition coefficient (Wildman–Crippen LogP) is 3.10. The molecule has 1 amide bonds. The van der Waals surface area contributed by atoms with Crippen molar-refractivity contribution < 1.29 is 22.7 Å². The Morgan fingerprint density at radius 2 is 2.00 bits per heavy atom. The highest BCUT2D eigenvalue weighted by Crippen LogP contribution is 2.28. The van der Waals surface area contributed by atoms with Gasteiger partial charge in [-0.25, -0.2) is 0 Å². The lowest BCUT2D eigenvalue weighted by Crippen LogP contribution is -2.30. The molecule has 1 aromatic carbocycles. The molecule has 0 fully saturated rings. The number of nitrogens with zero attached hydrogens (tertiary/aromatic N) is 2. The van der Waals surface area contributed by atoms with E-state index in [1.165, 1.54) is 4.68 Å². The number of rotatable bonds is 7. The van der Waals surface area contributed by atoms with Gasteiger partial charge in [-0.05, 0) is 38.0 Å². The van der Waals surface area contributed by atoms with E-state index in [1.54, 1.807) is 13.0 Å². The summed E-state index contributed by atoms with van der Waals surface area (Å²) in [4.78, 5) is 11.7. The first-order valence-corrected chi connectivity index (χ1v) is 7.84. The second-order valence-corrected chi connectivity index (χ2v) is 5.65. The molecule has 0 saturated heterocycles. The van der Waals surface area contributed by atoms with Crippen LogP contribution in [0.25, 0.3) is 0 Å². The summed E-state index contributed by atoms with van der Waals surface area (Å²) < 4.78 is 44.5. The Hall–Kier alpha value is -2.51. The van der Waals surface area contributed by atoms with E-state index < -0.39 is 11.9 Å². The monoisotopic (exact) mass is 355 g/mol. The molecule has 0 aliphatic heterocycles. The maximum atomic E-state index is 12.6. The van der Waals surface area contributed by atoms with E-state index in [1.807, 2.05) is 25.1 Å². The Balaban J connectivity index is 1.71. The van der Waals surface area contributed by atoms with Crippen LogP contribution in [-0.2, 0) is 17.5 Å². The quantitative estimate of drug-likeness (QED) is 0.777. The molecule has 1 heterocycles. The summed E-state index contributed by atoms with van der Waals surface area (Å²) in [7, 11) is 0. The Labute approximate surface area is 143 Å². The Bertz CT molecular complexity index is 726. The van der Waals surface area contributed by atoms with Crippen molar-refractivity contribution in [3.63, 3.8) is 0 Å². The van der Waals surface area contributed by atoms with Gasteiger partial charge in [0.1, 0.15) is 5.75 Å². The maximum absolute atomic E-state index is 12.6. The molecule has 0 spiro atoms. The van der Waals surface area contributed by atoms with Crippen molar-refractivity contribution in [1.82, 2.24) is 15.1 Å². The van der Waals surface area contributed by atoms with Crippen molar-refractivity contribution in [3.05, 3.63) is 47.3 Å². The number of hydrogen-bond donors (Lipinski definition) is 1. The Morgan fingerprint density at radius 1 is 1.28 bits per heavy atom. The lowest BCUT2D eigenvalue weighted by Gasteiger charge is -2.09. The zero-order valence-corrected chi connectivity index (χ0v) is 14.1. The van der Waals surface area contributed by atoms with E-state index >= 15 is 0 Å². The van der Waals surface area contributed by atoms with E-state index in [0.717, 1.165) is 11.6 Å². The Morgan fingerprint density at radius 3 is 2.64 bits per heavy atom. The van der Waals surface area contributed by atoms with Crippen molar-refractivity contribution in [2.75, 3.05) is 13.2 Å². The van der Waals surface area contributed by atoms with Gasteiger partial charge in [0, 0.05) is 18.8 Å². The lowest BCUT2D eigenvalue weighted by molar-refractivity contribution is -0.141. The third-order valence-corrected chi connectivity index (χ3v) is 3.59. The number of aryl methyl sites for hydroxylation is 3. The van der Waals surface area contributed by atoms with Gasteiger partial charge in [-0.2, -0.15) is 18.3 Å². The average Bonchev–Trinajstić information content (AvgIpc) is 2.92. The van der Waals surface area contributed by atoms with Crippen LogP contribution in [0, 0.1) is 13.8 Å². The van der Waals surface area contributed by atoms with E-state index in [-0.39, 0.29) is 12.5 Å². The van der Waals surface area contributed by atoms with Crippen molar-refractivity contribution >= 4 is 5.91 Å². The average molecular weight is 355 g/mol. The molecular weight excluding hydrogens is 335 g/mol. The highest BCUT2D eigenvalue weighted by atomic mass is 19.4. The molecule has 5 nitrogen and oxygen atoms in total. The number of benzene rings is 1. The van der Waals surface area contributed by atoms with Crippen LogP contribution in [0.5, 0.6) is 5.75 Å². The number of ether oxygens (including phenoxy) is 1. The van der Waals surface area contributed by atoms with Gasteiger partial charge in [0.15, 0.2) is 12.3 Å². The second kappa shape index (κ2) is 8.04. The molecule has 0 unspecified atom stereocenters. The minimum absolute atomic E-state index is 0.107. The summed E-state index contributed by atoms with van der Waals surface area (Å²) in [5.74, 6) is 0.362. The van der Waals surface area contributed by atoms with Gasteiger partial charge in [-0.1, -0.05) is 18.2 Å². The van der Waals surface area contributed by atoms with Crippen LogP contribution in [0.15, 0.2) is 30.3 Å². The molecule has 136 valence electrons. The van der Waals surface area contributed by atoms with E-state index in [4.69, 9.17) is 4.74 Å². The third-order valence-electron chi connectivity index (χ3n) is 3.59. The van der Waals surface area contributed by atoms with Gasteiger partial charge in [-0.15, -0.1) is 0 Å². The first-order chi connectivity index (χ1) is 11.8. The van der Waals surface area contributed by atoms with E-state index in [9.17, 15) is 18.0 Å². The van der Waals surface area contributed by atoms with Crippen LogP contribution < -0.4 is 10.1 Å². The summed E-state index contributed by atoms with van der Waals surface area (Å²) in [6.45, 7) is 3.97. The predicted molar refractivity (Wildman–Crippen MR) is 86.3 cm³/mol. The number of amides is 1. The van der Waals surface area contributed by atoms with Crippen LogP contribution in [0.4, 0.5) is 13.2 Å². The fraction of sp³-hybridized carbons (Fsp3) is 0.412. The van der Waals surface area contributed by atoms with Gasteiger partial charge in [0.25, 0.3) is 5.91 Å². The summed E-state index contributed by atoms with van der Waals surface area (Å²) in [6, 6.07) is 8.37. The molecule has 25 heavy (non-hydrogen) atoms. The zero-order valence-electron chi connectivity index (χ0n) is 14.1. The van der Waals surface area contributed by atoms with Crippen molar-refractivity contribution in [3.8, 4) is 5.75 Å². The van der Waals surface area contributed by atoms with Crippen LogP contribution in [-0.4, -0.2) is 28.8 Å². The molecule has 0 radical (unpaired) electrons. The maximum Gasteiger partial charge on any atom is 0.435 e. The minimum Gasteiger partial charge on any atom is -0.484 e. The summed E-state index contributed by atoms with van der Waals surface area (Å²) in [6.07, 6.45) is -3.98.